The van der Waals surface area contributed by atoms with Gasteiger partial charge >= 0.3 is 0 Å². The molecule has 1 saturated heterocycles. The predicted molar refractivity (Wildman–Crippen MR) is 80.6 cm³/mol. The van der Waals surface area contributed by atoms with E-state index in [1.165, 1.54) is 31.9 Å². The molecule has 2 heterocycles. The molecule has 2 fully saturated rings. The van der Waals surface area contributed by atoms with Crippen LogP contribution < -0.4 is 5.73 Å². The highest BCUT2D eigenvalue weighted by molar-refractivity contribution is 6.30. The van der Waals surface area contributed by atoms with Gasteiger partial charge in [-0.25, -0.2) is 4.98 Å². The predicted octanol–water partition coefficient (Wildman–Crippen LogP) is 2.76. The lowest BCUT2D eigenvalue weighted by Crippen LogP contribution is -2.49. The number of rotatable bonds is 3. The maximum Gasteiger partial charge on any atom is 0.129 e. The first-order valence-electron chi connectivity index (χ1n) is 7.47. The maximum atomic E-state index is 11.0. The second-order valence-corrected chi connectivity index (χ2v) is 6.47. The van der Waals surface area contributed by atoms with Crippen molar-refractivity contribution < 1.29 is 5.11 Å². The normalized spacial score (nSPS) is 24.1. The Kier molecular flexibility index (Phi) is 3.89. The number of aromatic nitrogens is 1. The van der Waals surface area contributed by atoms with Crippen LogP contribution in [0.1, 0.15) is 50.2 Å². The lowest BCUT2D eigenvalue weighted by Gasteiger charge is -2.43. The summed E-state index contributed by atoms with van der Waals surface area (Å²) in [6.07, 6.45) is 7.76. The highest BCUT2D eigenvalue weighted by atomic mass is 35.5. The van der Waals surface area contributed by atoms with E-state index in [0.29, 0.717) is 16.4 Å². The third-order valence-electron chi connectivity index (χ3n) is 4.92. The number of aliphatic hydroxyl groups excluding tert-OH is 1. The van der Waals surface area contributed by atoms with Crippen molar-refractivity contribution in [1.82, 2.24) is 9.88 Å². The van der Waals surface area contributed by atoms with Crippen molar-refractivity contribution in [2.45, 2.75) is 50.2 Å². The van der Waals surface area contributed by atoms with Gasteiger partial charge in [-0.15, -0.1) is 0 Å². The van der Waals surface area contributed by atoms with Crippen LogP contribution in [0.4, 0.5) is 5.82 Å². The van der Waals surface area contributed by atoms with Gasteiger partial charge in [0.25, 0.3) is 0 Å². The van der Waals surface area contributed by atoms with E-state index in [1.54, 1.807) is 6.07 Å². The number of nitrogens with two attached hydrogens (primary N) is 1. The molecule has 1 saturated carbocycles. The van der Waals surface area contributed by atoms with Crippen molar-refractivity contribution in [3.63, 3.8) is 0 Å². The van der Waals surface area contributed by atoms with Gasteiger partial charge in [0.2, 0.25) is 0 Å². The number of hydrogen-bond acceptors (Lipinski definition) is 4. The molecule has 110 valence electrons. The third-order valence-corrected chi connectivity index (χ3v) is 5.13. The van der Waals surface area contributed by atoms with E-state index < -0.39 is 6.10 Å². The number of nitrogens with zero attached hydrogens (tertiary/aromatic N) is 2. The highest BCUT2D eigenvalue weighted by Crippen LogP contribution is 2.46. The van der Waals surface area contributed by atoms with Gasteiger partial charge in [0.15, 0.2) is 0 Å². The molecule has 0 bridgehead atoms. The summed E-state index contributed by atoms with van der Waals surface area (Å²) in [7, 11) is 0. The number of pyridine rings is 1. The number of nitrogen functional groups attached to an aromatic ring is 1. The Morgan fingerprint density at radius 2 is 1.90 bits per heavy atom. The Labute approximate surface area is 124 Å². The highest BCUT2D eigenvalue weighted by Gasteiger charge is 2.47. The van der Waals surface area contributed by atoms with Crippen LogP contribution in [0, 0.1) is 0 Å². The Hall–Kier alpha value is -0.840. The summed E-state index contributed by atoms with van der Waals surface area (Å²) in [5, 5.41) is 11.5. The van der Waals surface area contributed by atoms with Crippen molar-refractivity contribution >= 4 is 17.4 Å². The van der Waals surface area contributed by atoms with Crippen molar-refractivity contribution in [2.24, 2.45) is 0 Å². The van der Waals surface area contributed by atoms with Gasteiger partial charge in [-0.1, -0.05) is 24.4 Å². The van der Waals surface area contributed by atoms with Gasteiger partial charge in [0.05, 0.1) is 10.6 Å². The van der Waals surface area contributed by atoms with E-state index in [1.807, 2.05) is 0 Å². The number of halogens is 1. The summed E-state index contributed by atoms with van der Waals surface area (Å²) in [6.45, 7) is 2.15. The standard InChI is InChI=1S/C15H22ClN3O/c16-11-9-12(14(17)18-10-11)13(20)15(5-1-2-6-15)19-7-3-4-8-19/h9-10,13,20H,1-8H2,(H2,17,18). The minimum Gasteiger partial charge on any atom is -0.386 e. The van der Waals surface area contributed by atoms with E-state index in [4.69, 9.17) is 17.3 Å². The average molecular weight is 296 g/mol. The summed E-state index contributed by atoms with van der Waals surface area (Å²) in [5.74, 6) is 0.396. The Morgan fingerprint density at radius 3 is 2.55 bits per heavy atom. The lowest BCUT2D eigenvalue weighted by molar-refractivity contribution is -0.0193. The van der Waals surface area contributed by atoms with Gasteiger partial charge in [-0.05, 0) is 44.8 Å². The molecule has 2 aliphatic rings. The molecule has 1 aromatic rings. The maximum absolute atomic E-state index is 11.0. The van der Waals surface area contributed by atoms with Crippen molar-refractivity contribution in [3.05, 3.63) is 22.8 Å². The van der Waals surface area contributed by atoms with Gasteiger partial charge in [0.1, 0.15) is 11.9 Å². The largest absolute Gasteiger partial charge is 0.386 e. The summed E-state index contributed by atoms with van der Waals surface area (Å²) < 4.78 is 0. The first-order chi connectivity index (χ1) is 9.63. The van der Waals surface area contributed by atoms with E-state index in [2.05, 4.69) is 9.88 Å². The van der Waals surface area contributed by atoms with Crippen molar-refractivity contribution in [3.8, 4) is 0 Å². The second kappa shape index (κ2) is 5.51. The molecule has 20 heavy (non-hydrogen) atoms. The third kappa shape index (κ3) is 2.30. The molecule has 3 N–H and O–H groups in total. The van der Waals surface area contributed by atoms with Gasteiger partial charge < -0.3 is 10.8 Å². The zero-order chi connectivity index (χ0) is 14.2. The van der Waals surface area contributed by atoms with Crippen LogP contribution in [0.3, 0.4) is 0 Å². The van der Waals surface area contributed by atoms with E-state index in [-0.39, 0.29) is 5.54 Å². The molecule has 0 amide bonds. The van der Waals surface area contributed by atoms with Gasteiger partial charge in [-0.2, -0.15) is 0 Å². The summed E-state index contributed by atoms with van der Waals surface area (Å²) in [5.41, 5.74) is 6.48. The molecule has 1 aliphatic carbocycles. The summed E-state index contributed by atoms with van der Waals surface area (Å²) >= 11 is 6.03. The molecule has 4 nitrogen and oxygen atoms in total. The Bertz CT molecular complexity index is 482. The van der Waals surface area contributed by atoms with Crippen LogP contribution in [-0.4, -0.2) is 33.6 Å². The monoisotopic (exact) mass is 295 g/mol. The van der Waals surface area contributed by atoms with Crippen LogP contribution in [0.5, 0.6) is 0 Å². The van der Waals surface area contributed by atoms with Crippen molar-refractivity contribution in [2.75, 3.05) is 18.8 Å². The van der Waals surface area contributed by atoms with Crippen molar-refractivity contribution in [1.29, 1.82) is 0 Å². The molecule has 1 atom stereocenters. The fourth-order valence-electron chi connectivity index (χ4n) is 3.89. The molecule has 1 unspecified atom stereocenters. The number of aliphatic hydroxyl groups is 1. The lowest BCUT2D eigenvalue weighted by atomic mass is 9.84. The molecule has 1 aromatic heterocycles. The summed E-state index contributed by atoms with van der Waals surface area (Å²) in [6, 6.07) is 1.77. The second-order valence-electron chi connectivity index (χ2n) is 6.04. The van der Waals surface area contributed by atoms with Crippen LogP contribution in [-0.2, 0) is 0 Å². The molecular formula is C15H22ClN3O. The van der Waals surface area contributed by atoms with E-state index in [9.17, 15) is 5.11 Å². The molecule has 0 spiro atoms. The zero-order valence-electron chi connectivity index (χ0n) is 11.7. The van der Waals surface area contributed by atoms with E-state index >= 15 is 0 Å². The Balaban J connectivity index is 1.96. The molecular weight excluding hydrogens is 274 g/mol. The van der Waals surface area contributed by atoms with Crippen LogP contribution in [0.2, 0.25) is 5.02 Å². The molecule has 0 aromatic carbocycles. The molecule has 3 rings (SSSR count). The fraction of sp³-hybridized carbons (Fsp3) is 0.667. The molecule has 0 radical (unpaired) electrons. The smallest absolute Gasteiger partial charge is 0.129 e. The van der Waals surface area contributed by atoms with Crippen LogP contribution in [0.25, 0.3) is 0 Å². The first-order valence-corrected chi connectivity index (χ1v) is 7.85. The SMILES string of the molecule is Nc1ncc(Cl)cc1C(O)C1(N2CCCC2)CCCC1. The number of likely N-dealkylation sites (tertiary alicyclic amines) is 1. The van der Waals surface area contributed by atoms with Gasteiger partial charge in [0, 0.05) is 11.8 Å². The molecule has 5 heteroatoms. The number of anilines is 1. The summed E-state index contributed by atoms with van der Waals surface area (Å²) in [4.78, 5) is 6.56. The zero-order valence-corrected chi connectivity index (χ0v) is 12.4. The van der Waals surface area contributed by atoms with Gasteiger partial charge in [-0.3, -0.25) is 4.90 Å². The van der Waals surface area contributed by atoms with Crippen LogP contribution in [0.15, 0.2) is 12.3 Å². The number of hydrogen-bond donors (Lipinski definition) is 2. The first kappa shape index (κ1) is 14.1. The quantitative estimate of drug-likeness (QED) is 0.900. The average Bonchev–Trinajstić information content (AvgIpc) is 3.11. The fourth-order valence-corrected chi connectivity index (χ4v) is 4.05. The Morgan fingerprint density at radius 1 is 1.25 bits per heavy atom. The topological polar surface area (TPSA) is 62.4 Å². The minimum absolute atomic E-state index is 0.170. The van der Waals surface area contributed by atoms with Crippen LogP contribution >= 0.6 is 11.6 Å². The minimum atomic E-state index is -0.603. The van der Waals surface area contributed by atoms with E-state index in [0.717, 1.165) is 25.9 Å². The molecule has 1 aliphatic heterocycles.